The van der Waals surface area contributed by atoms with Gasteiger partial charge in [-0.05, 0) is 43.2 Å². The van der Waals surface area contributed by atoms with Gasteiger partial charge in [0.15, 0.2) is 0 Å². The van der Waals surface area contributed by atoms with E-state index in [1.54, 1.807) is 12.3 Å². The molecule has 1 amide bonds. The maximum absolute atomic E-state index is 12.3. The Morgan fingerprint density at radius 3 is 2.75 bits per heavy atom. The van der Waals surface area contributed by atoms with Crippen molar-refractivity contribution in [3.8, 4) is 16.9 Å². The first-order valence-electron chi connectivity index (χ1n) is 7.64. The maximum atomic E-state index is 12.3. The van der Waals surface area contributed by atoms with Crippen molar-refractivity contribution >= 4 is 11.9 Å². The van der Waals surface area contributed by atoms with Gasteiger partial charge in [0, 0.05) is 24.4 Å². The van der Waals surface area contributed by atoms with Crippen LogP contribution in [0.1, 0.15) is 29.8 Å². The number of nitrogens with one attached hydrogen (secondary N) is 1. The number of aliphatic carboxylic acids is 1. The van der Waals surface area contributed by atoms with Gasteiger partial charge in [-0.25, -0.2) is 4.79 Å². The highest BCUT2D eigenvalue weighted by Gasteiger charge is 2.29. The number of rotatable bonds is 4. The minimum atomic E-state index is -1.35. The number of carboxylic acids is 1. The highest BCUT2D eigenvalue weighted by Crippen LogP contribution is 2.30. The minimum absolute atomic E-state index is 0.318. The van der Waals surface area contributed by atoms with Crippen molar-refractivity contribution in [3.63, 3.8) is 0 Å². The van der Waals surface area contributed by atoms with Crippen LogP contribution < -0.4 is 10.1 Å². The molecule has 0 saturated heterocycles. The van der Waals surface area contributed by atoms with Crippen LogP contribution in [-0.2, 0) is 11.2 Å². The number of hydrogen-bond donors (Lipinski definition) is 2. The molecule has 0 fully saturated rings. The van der Waals surface area contributed by atoms with Crippen LogP contribution in [0.3, 0.4) is 0 Å². The van der Waals surface area contributed by atoms with Crippen LogP contribution in [0.2, 0.25) is 0 Å². The van der Waals surface area contributed by atoms with Crippen molar-refractivity contribution in [1.29, 1.82) is 0 Å². The summed E-state index contributed by atoms with van der Waals surface area (Å²) in [7, 11) is 0. The van der Waals surface area contributed by atoms with Crippen LogP contribution in [0.25, 0.3) is 11.1 Å². The molecule has 0 radical (unpaired) electrons. The van der Waals surface area contributed by atoms with E-state index in [-0.39, 0.29) is 0 Å². The third-order valence-electron chi connectivity index (χ3n) is 3.98. The van der Waals surface area contributed by atoms with Crippen molar-refractivity contribution in [1.82, 2.24) is 10.3 Å². The summed E-state index contributed by atoms with van der Waals surface area (Å²) < 4.78 is 5.49. The Hall–Kier alpha value is -2.89. The summed E-state index contributed by atoms with van der Waals surface area (Å²) in [6.07, 6.45) is 3.97. The Morgan fingerprint density at radius 1 is 1.21 bits per heavy atom. The van der Waals surface area contributed by atoms with Crippen LogP contribution in [0.4, 0.5) is 0 Å². The molecule has 3 rings (SSSR count). The van der Waals surface area contributed by atoms with E-state index < -0.39 is 17.4 Å². The number of benzene rings is 1. The summed E-state index contributed by atoms with van der Waals surface area (Å²) in [5.74, 6) is -0.677. The quantitative estimate of drug-likeness (QED) is 0.900. The van der Waals surface area contributed by atoms with Gasteiger partial charge < -0.3 is 15.2 Å². The van der Waals surface area contributed by atoms with Crippen molar-refractivity contribution in [2.24, 2.45) is 0 Å². The lowest BCUT2D eigenvalue weighted by Gasteiger charge is -2.21. The third-order valence-corrected chi connectivity index (χ3v) is 3.98. The van der Waals surface area contributed by atoms with Crippen LogP contribution in [0.15, 0.2) is 36.7 Å². The summed E-state index contributed by atoms with van der Waals surface area (Å²) in [6.45, 7) is 3.56. The van der Waals surface area contributed by atoms with Gasteiger partial charge in [-0.15, -0.1) is 0 Å². The van der Waals surface area contributed by atoms with Crippen LogP contribution in [0, 0.1) is 0 Å². The topological polar surface area (TPSA) is 88.5 Å². The van der Waals surface area contributed by atoms with Gasteiger partial charge >= 0.3 is 5.97 Å². The predicted octanol–water partition coefficient (Wildman–Crippen LogP) is 2.28. The van der Waals surface area contributed by atoms with E-state index in [2.05, 4.69) is 10.3 Å². The molecule has 6 nitrogen and oxygen atoms in total. The average Bonchev–Trinajstić information content (AvgIpc) is 3.02. The molecular weight excluding hydrogens is 308 g/mol. The molecule has 0 atom stereocenters. The SMILES string of the molecule is CC(C)(NC(=O)c1cncc(-c2ccc3c(c2)CCO3)c1)C(=O)O. The maximum Gasteiger partial charge on any atom is 0.328 e. The molecular formula is C18H18N2O4. The zero-order valence-corrected chi connectivity index (χ0v) is 13.5. The Balaban J connectivity index is 1.87. The summed E-state index contributed by atoms with van der Waals surface area (Å²) >= 11 is 0. The Labute approximate surface area is 139 Å². The summed E-state index contributed by atoms with van der Waals surface area (Å²) in [5.41, 5.74) is 1.84. The third kappa shape index (κ3) is 3.08. The first kappa shape index (κ1) is 16.0. The largest absolute Gasteiger partial charge is 0.493 e. The fourth-order valence-electron chi connectivity index (χ4n) is 2.50. The van der Waals surface area contributed by atoms with Crippen molar-refractivity contribution in [2.45, 2.75) is 25.8 Å². The fraction of sp³-hybridized carbons (Fsp3) is 0.278. The molecule has 6 heteroatoms. The minimum Gasteiger partial charge on any atom is -0.493 e. The highest BCUT2D eigenvalue weighted by molar-refractivity contribution is 5.98. The average molecular weight is 326 g/mol. The molecule has 24 heavy (non-hydrogen) atoms. The van der Waals surface area contributed by atoms with E-state index in [1.807, 2.05) is 18.2 Å². The standard InChI is InChI=1S/C18H18N2O4/c1-18(2,17(22)23)20-16(21)14-8-13(9-19-10-14)11-3-4-15-12(7-11)5-6-24-15/h3-4,7-10H,5-6H2,1-2H3,(H,20,21)(H,22,23). The lowest BCUT2D eigenvalue weighted by Crippen LogP contribution is -2.49. The van der Waals surface area contributed by atoms with E-state index >= 15 is 0 Å². The lowest BCUT2D eigenvalue weighted by molar-refractivity contribution is -0.143. The zero-order chi connectivity index (χ0) is 17.3. The Bertz CT molecular complexity index is 814. The molecule has 0 spiro atoms. The molecule has 1 aliphatic rings. The molecule has 1 aliphatic heterocycles. The number of fused-ring (bicyclic) bond motifs is 1. The molecule has 2 N–H and O–H groups in total. The van der Waals surface area contributed by atoms with Crippen molar-refractivity contribution < 1.29 is 19.4 Å². The molecule has 1 aromatic heterocycles. The molecule has 0 bridgehead atoms. The van der Waals surface area contributed by atoms with Crippen LogP contribution >= 0.6 is 0 Å². The first-order valence-corrected chi connectivity index (χ1v) is 7.64. The van der Waals surface area contributed by atoms with Crippen molar-refractivity contribution in [2.75, 3.05) is 6.61 Å². The summed E-state index contributed by atoms with van der Waals surface area (Å²) in [6, 6.07) is 7.57. The van der Waals surface area contributed by atoms with Crippen molar-refractivity contribution in [3.05, 3.63) is 47.8 Å². The van der Waals surface area contributed by atoms with E-state index in [0.29, 0.717) is 12.2 Å². The molecule has 1 aromatic carbocycles. The summed E-state index contributed by atoms with van der Waals surface area (Å²) in [4.78, 5) is 27.6. The van der Waals surface area contributed by atoms with Gasteiger partial charge in [0.25, 0.3) is 5.91 Å². The highest BCUT2D eigenvalue weighted by atomic mass is 16.5. The normalized spacial score (nSPS) is 13.1. The fourth-order valence-corrected chi connectivity index (χ4v) is 2.50. The lowest BCUT2D eigenvalue weighted by atomic mass is 10.0. The molecule has 2 heterocycles. The number of carbonyl (C=O) groups excluding carboxylic acids is 1. The Kier molecular flexibility index (Phi) is 3.97. The van der Waals surface area contributed by atoms with Crippen LogP contribution in [0.5, 0.6) is 5.75 Å². The second kappa shape index (κ2) is 5.96. The van der Waals surface area contributed by atoms with Gasteiger partial charge in [-0.3, -0.25) is 9.78 Å². The van der Waals surface area contributed by atoms with Crippen LogP contribution in [-0.4, -0.2) is 34.1 Å². The second-order valence-corrected chi connectivity index (χ2v) is 6.27. The van der Waals surface area contributed by atoms with E-state index in [4.69, 9.17) is 9.84 Å². The van der Waals surface area contributed by atoms with Gasteiger partial charge in [0.1, 0.15) is 11.3 Å². The number of carboxylic acid groups (broad SMARTS) is 1. The number of hydrogen-bond acceptors (Lipinski definition) is 4. The van der Waals surface area contributed by atoms with E-state index in [0.717, 1.165) is 28.9 Å². The number of ether oxygens (including phenoxy) is 1. The number of pyridine rings is 1. The van der Waals surface area contributed by atoms with Gasteiger partial charge in [-0.2, -0.15) is 0 Å². The molecule has 2 aromatic rings. The molecule has 0 unspecified atom stereocenters. The van der Waals surface area contributed by atoms with Gasteiger partial charge in [0.05, 0.1) is 12.2 Å². The smallest absolute Gasteiger partial charge is 0.328 e. The number of aromatic nitrogens is 1. The number of carbonyl (C=O) groups is 2. The van der Waals surface area contributed by atoms with E-state index in [9.17, 15) is 9.59 Å². The number of nitrogens with zero attached hydrogens (tertiary/aromatic N) is 1. The zero-order valence-electron chi connectivity index (χ0n) is 13.5. The van der Waals surface area contributed by atoms with E-state index in [1.165, 1.54) is 20.0 Å². The molecule has 124 valence electrons. The molecule has 0 aliphatic carbocycles. The monoisotopic (exact) mass is 326 g/mol. The Morgan fingerprint density at radius 2 is 2.00 bits per heavy atom. The second-order valence-electron chi connectivity index (χ2n) is 6.27. The van der Waals surface area contributed by atoms with Gasteiger partial charge in [0.2, 0.25) is 0 Å². The molecule has 0 saturated carbocycles. The summed E-state index contributed by atoms with van der Waals surface area (Å²) in [5, 5.41) is 11.6. The first-order chi connectivity index (χ1) is 11.4. The van der Waals surface area contributed by atoms with Gasteiger partial charge in [-0.1, -0.05) is 6.07 Å². The predicted molar refractivity (Wildman–Crippen MR) is 88.1 cm³/mol. The number of amides is 1.